The first-order chi connectivity index (χ1) is 11.3. The first-order valence-corrected chi connectivity index (χ1v) is 8.17. The van der Waals surface area contributed by atoms with Crippen molar-refractivity contribution in [2.75, 3.05) is 0 Å². The largest absolute Gasteiger partial charge is 0.159 e. The number of aryl methyl sites for hydroxylation is 2. The highest BCUT2D eigenvalue weighted by Gasteiger charge is 1.93. The summed E-state index contributed by atoms with van der Waals surface area (Å²) in [5, 5.41) is 8.23. The number of allylic oxidation sites excluding steroid dienone is 1. The molecule has 0 aliphatic carbocycles. The van der Waals surface area contributed by atoms with Crippen molar-refractivity contribution >= 4 is 12.4 Å². The van der Waals surface area contributed by atoms with E-state index in [1.54, 1.807) is 12.4 Å². The average Bonchev–Trinajstić information content (AvgIpc) is 2.59. The molecule has 118 valence electrons. The van der Waals surface area contributed by atoms with E-state index in [0.29, 0.717) is 0 Å². The zero-order valence-corrected chi connectivity index (χ0v) is 13.8. The van der Waals surface area contributed by atoms with Gasteiger partial charge in [0.2, 0.25) is 0 Å². The number of hydrogen-bond acceptors (Lipinski definition) is 2. The van der Waals surface area contributed by atoms with Crippen LogP contribution in [0.25, 0.3) is 0 Å². The van der Waals surface area contributed by atoms with Crippen LogP contribution in [0, 0.1) is 0 Å². The molecule has 2 aromatic rings. The lowest BCUT2D eigenvalue weighted by Gasteiger charge is -1.99. The summed E-state index contributed by atoms with van der Waals surface area (Å²) in [7, 11) is 0. The van der Waals surface area contributed by atoms with Crippen LogP contribution < -0.4 is 0 Å². The molecule has 0 aliphatic heterocycles. The Labute approximate surface area is 139 Å². The predicted octanol–water partition coefficient (Wildman–Crippen LogP) is 5.21. The van der Waals surface area contributed by atoms with E-state index in [9.17, 15) is 0 Å². The normalized spacial score (nSPS) is 11.3. The van der Waals surface area contributed by atoms with Gasteiger partial charge in [0.15, 0.2) is 0 Å². The van der Waals surface area contributed by atoms with Gasteiger partial charge in [0, 0.05) is 0 Å². The summed E-state index contributed by atoms with van der Waals surface area (Å²) in [5.74, 6) is 0. The molecule has 0 fully saturated rings. The van der Waals surface area contributed by atoms with Gasteiger partial charge in [0.05, 0.1) is 12.4 Å². The molecule has 0 atom stereocenters. The van der Waals surface area contributed by atoms with Crippen molar-refractivity contribution in [3.05, 3.63) is 83.4 Å². The van der Waals surface area contributed by atoms with E-state index < -0.39 is 0 Å². The van der Waals surface area contributed by atoms with Crippen LogP contribution in [-0.2, 0) is 12.8 Å². The molecule has 23 heavy (non-hydrogen) atoms. The second kappa shape index (κ2) is 9.52. The fourth-order valence-corrected chi connectivity index (χ4v) is 2.30. The van der Waals surface area contributed by atoms with Gasteiger partial charge in [0.25, 0.3) is 0 Å². The fraction of sp³-hybridized carbons (Fsp3) is 0.238. The van der Waals surface area contributed by atoms with Crippen molar-refractivity contribution in [1.29, 1.82) is 0 Å². The molecule has 0 saturated carbocycles. The molecule has 2 rings (SSSR count). The molecule has 0 aromatic heterocycles. The molecule has 0 radical (unpaired) electrons. The second-order valence-corrected chi connectivity index (χ2v) is 5.55. The van der Waals surface area contributed by atoms with Crippen molar-refractivity contribution in [2.45, 2.75) is 32.6 Å². The minimum Gasteiger partial charge on any atom is -0.159 e. The number of hydrogen-bond donors (Lipinski definition) is 0. The molecule has 2 heteroatoms. The summed E-state index contributed by atoms with van der Waals surface area (Å²) < 4.78 is 0. The van der Waals surface area contributed by atoms with Crippen LogP contribution in [0.4, 0.5) is 0 Å². The second-order valence-electron chi connectivity index (χ2n) is 5.55. The third-order valence-electron chi connectivity index (χ3n) is 3.62. The Morgan fingerprint density at radius 1 is 0.783 bits per heavy atom. The third-order valence-corrected chi connectivity index (χ3v) is 3.62. The summed E-state index contributed by atoms with van der Waals surface area (Å²) in [6.45, 7) is 5.94. The lowest BCUT2D eigenvalue weighted by atomic mass is 10.1. The maximum Gasteiger partial charge on any atom is 0.0568 e. The maximum atomic E-state index is 4.12. The van der Waals surface area contributed by atoms with E-state index in [1.165, 1.54) is 17.5 Å². The molecule has 0 N–H and O–H groups in total. The smallest absolute Gasteiger partial charge is 0.0568 e. The van der Waals surface area contributed by atoms with Crippen molar-refractivity contribution < 1.29 is 0 Å². The Balaban J connectivity index is 1.88. The Morgan fingerprint density at radius 2 is 1.26 bits per heavy atom. The van der Waals surface area contributed by atoms with Gasteiger partial charge in [-0.2, -0.15) is 10.2 Å². The van der Waals surface area contributed by atoms with Gasteiger partial charge >= 0.3 is 0 Å². The Hall–Kier alpha value is -2.48. The van der Waals surface area contributed by atoms with Gasteiger partial charge in [-0.15, -0.1) is 6.58 Å². The van der Waals surface area contributed by atoms with E-state index in [0.717, 1.165) is 30.4 Å². The topological polar surface area (TPSA) is 24.7 Å². The molecule has 2 aromatic carbocycles. The molecule has 0 bridgehead atoms. The van der Waals surface area contributed by atoms with Crippen LogP contribution in [-0.4, -0.2) is 12.4 Å². The average molecular weight is 304 g/mol. The third kappa shape index (κ3) is 6.03. The minimum absolute atomic E-state index is 1.01. The Bertz CT molecular complexity index is 649. The van der Waals surface area contributed by atoms with Gasteiger partial charge in [-0.3, -0.25) is 0 Å². The molecule has 0 aliphatic rings. The SMILES string of the molecule is C=CCCc1ccc(/C=N/N=C/c2ccc(CCC)cc2)cc1. The van der Waals surface area contributed by atoms with Gasteiger partial charge in [0.1, 0.15) is 0 Å². The highest BCUT2D eigenvalue weighted by atomic mass is 15.2. The Kier molecular flexibility index (Phi) is 6.99. The van der Waals surface area contributed by atoms with Crippen molar-refractivity contribution in [1.82, 2.24) is 0 Å². The Morgan fingerprint density at radius 3 is 1.70 bits per heavy atom. The standard InChI is InChI=1S/C21H24N2/c1-3-5-7-19-10-14-21(15-11-19)17-23-22-16-20-12-8-18(6-4-2)9-13-20/h3,8-17H,1,4-7H2,2H3/b22-16+,23-17+. The first kappa shape index (κ1) is 16.9. The van der Waals surface area contributed by atoms with Crippen LogP contribution in [0.1, 0.15) is 42.0 Å². The van der Waals surface area contributed by atoms with Gasteiger partial charge in [-0.1, -0.05) is 68.0 Å². The molecule has 0 amide bonds. The van der Waals surface area contributed by atoms with Gasteiger partial charge < -0.3 is 0 Å². The minimum atomic E-state index is 1.01. The molecular weight excluding hydrogens is 280 g/mol. The number of rotatable bonds is 8. The molecular formula is C21H24N2. The first-order valence-electron chi connectivity index (χ1n) is 8.17. The summed E-state index contributed by atoms with van der Waals surface area (Å²) in [6, 6.07) is 16.8. The highest BCUT2D eigenvalue weighted by Crippen LogP contribution is 2.06. The van der Waals surface area contributed by atoms with E-state index in [-0.39, 0.29) is 0 Å². The predicted molar refractivity (Wildman–Crippen MR) is 101 cm³/mol. The van der Waals surface area contributed by atoms with Crippen LogP contribution in [0.3, 0.4) is 0 Å². The van der Waals surface area contributed by atoms with E-state index >= 15 is 0 Å². The summed E-state index contributed by atoms with van der Waals surface area (Å²) in [5.41, 5.74) is 4.81. The monoisotopic (exact) mass is 304 g/mol. The summed E-state index contributed by atoms with van der Waals surface area (Å²) in [6.07, 6.45) is 9.84. The zero-order chi connectivity index (χ0) is 16.3. The van der Waals surface area contributed by atoms with E-state index in [2.05, 4.69) is 72.2 Å². The lowest BCUT2D eigenvalue weighted by Crippen LogP contribution is -1.86. The van der Waals surface area contributed by atoms with Crippen molar-refractivity contribution in [2.24, 2.45) is 10.2 Å². The molecule has 0 spiro atoms. The highest BCUT2D eigenvalue weighted by molar-refractivity contribution is 5.82. The van der Waals surface area contributed by atoms with E-state index in [1.807, 2.05) is 6.08 Å². The van der Waals surface area contributed by atoms with Crippen LogP contribution in [0.2, 0.25) is 0 Å². The number of nitrogens with zero attached hydrogens (tertiary/aromatic N) is 2. The fourth-order valence-electron chi connectivity index (χ4n) is 2.30. The van der Waals surface area contributed by atoms with Gasteiger partial charge in [-0.25, -0.2) is 0 Å². The molecule has 0 heterocycles. The lowest BCUT2D eigenvalue weighted by molar-refractivity contribution is 0.922. The number of benzene rings is 2. The molecule has 0 saturated heterocycles. The van der Waals surface area contributed by atoms with Crippen LogP contribution >= 0.6 is 0 Å². The van der Waals surface area contributed by atoms with E-state index in [4.69, 9.17) is 0 Å². The van der Waals surface area contributed by atoms with Crippen molar-refractivity contribution in [3.8, 4) is 0 Å². The van der Waals surface area contributed by atoms with Gasteiger partial charge in [-0.05, 0) is 41.5 Å². The van der Waals surface area contributed by atoms with Crippen molar-refractivity contribution in [3.63, 3.8) is 0 Å². The summed E-state index contributed by atoms with van der Waals surface area (Å²) in [4.78, 5) is 0. The van der Waals surface area contributed by atoms with Crippen LogP contribution in [0.5, 0.6) is 0 Å². The molecule has 0 unspecified atom stereocenters. The molecule has 2 nitrogen and oxygen atoms in total. The summed E-state index contributed by atoms with van der Waals surface area (Å²) >= 11 is 0. The quantitative estimate of drug-likeness (QED) is 0.363. The van der Waals surface area contributed by atoms with Crippen LogP contribution in [0.15, 0.2) is 71.4 Å². The maximum absolute atomic E-state index is 4.12. The zero-order valence-electron chi connectivity index (χ0n) is 13.8.